The largest absolute Gasteiger partial charge is 0.449 e. The number of aromatic nitrogens is 1. The Morgan fingerprint density at radius 1 is 1.30 bits per heavy atom. The molecular weight excluding hydrogens is 357 g/mol. The van der Waals surface area contributed by atoms with E-state index in [4.69, 9.17) is 0 Å². The summed E-state index contributed by atoms with van der Waals surface area (Å²) in [6, 6.07) is 0.491. The Kier molecular flexibility index (Phi) is 22.0. The topological polar surface area (TPSA) is 27.8 Å². The van der Waals surface area contributed by atoms with Gasteiger partial charge < -0.3 is 16.7 Å². The van der Waals surface area contributed by atoms with Crippen molar-refractivity contribution < 1.29 is 32.7 Å². The van der Waals surface area contributed by atoms with Crippen LogP contribution in [0.25, 0.3) is 5.57 Å². The predicted molar refractivity (Wildman–Crippen MR) is 103 cm³/mol. The molecule has 0 aliphatic rings. The van der Waals surface area contributed by atoms with E-state index >= 15 is 0 Å². The number of aryl methyl sites for hydroxylation is 1. The standard InChI is InChI=1S/C16H26N2.2C2H6.Y/c1-6-8-10-13(4)18-16-14(5)17-11-15(16)12(3)9-7-2;2*1-2;/h7,13,17-18H,3,6,8-10H2,1-2,4-5H3;2*1-2H3;/q-2;;;. The van der Waals surface area contributed by atoms with Crippen molar-refractivity contribution in [2.75, 3.05) is 5.32 Å². The number of aromatic amines is 1. The minimum Gasteiger partial charge on any atom is -0.449 e. The molecule has 2 N–H and O–H groups in total. The van der Waals surface area contributed by atoms with E-state index < -0.39 is 0 Å². The zero-order valence-electron chi connectivity index (χ0n) is 16.8. The molecule has 3 heteroatoms. The quantitative estimate of drug-likeness (QED) is 0.466. The van der Waals surface area contributed by atoms with E-state index in [1.807, 2.05) is 27.7 Å². The first-order valence-electron chi connectivity index (χ1n) is 8.92. The monoisotopic (exact) mass is 395 g/mol. The molecule has 1 rings (SSSR count). The molecule has 1 atom stereocenters. The fourth-order valence-corrected chi connectivity index (χ4v) is 2.09. The van der Waals surface area contributed by atoms with Gasteiger partial charge in [0.1, 0.15) is 0 Å². The average molecular weight is 395 g/mol. The summed E-state index contributed by atoms with van der Waals surface area (Å²) in [7, 11) is 0. The molecule has 133 valence electrons. The first kappa shape index (κ1) is 27.8. The van der Waals surface area contributed by atoms with Crippen LogP contribution in [-0.4, -0.2) is 11.0 Å². The molecule has 0 spiro atoms. The van der Waals surface area contributed by atoms with Gasteiger partial charge in [0.2, 0.25) is 0 Å². The summed E-state index contributed by atoms with van der Waals surface area (Å²) in [6.45, 7) is 20.7. The van der Waals surface area contributed by atoms with Crippen LogP contribution in [0.1, 0.15) is 85.4 Å². The smallest absolute Gasteiger partial charge is 0.0141 e. The third-order valence-electron chi connectivity index (χ3n) is 3.19. The van der Waals surface area contributed by atoms with Gasteiger partial charge in [0.25, 0.3) is 0 Å². The van der Waals surface area contributed by atoms with Gasteiger partial charge in [0.15, 0.2) is 0 Å². The van der Waals surface area contributed by atoms with Crippen LogP contribution in [0, 0.1) is 19.5 Å². The number of unbranched alkanes of at least 4 members (excludes halogenated alkanes) is 1. The number of hydrogen-bond donors (Lipinski definition) is 2. The van der Waals surface area contributed by atoms with Gasteiger partial charge in [0, 0.05) is 38.8 Å². The Bertz CT molecular complexity index is 383. The van der Waals surface area contributed by atoms with Gasteiger partial charge in [-0.1, -0.05) is 72.0 Å². The van der Waals surface area contributed by atoms with Crippen molar-refractivity contribution in [2.45, 2.75) is 87.1 Å². The number of allylic oxidation sites excluding steroid dienone is 1. The zero-order chi connectivity index (χ0) is 17.5. The predicted octanol–water partition coefficient (Wildman–Crippen LogP) is 6.79. The molecule has 0 fully saturated rings. The molecule has 0 saturated carbocycles. The molecule has 0 aromatic carbocycles. The maximum atomic E-state index is 4.14. The second kappa shape index (κ2) is 18.3. The van der Waals surface area contributed by atoms with Gasteiger partial charge in [-0.3, -0.25) is 0 Å². The molecule has 1 aromatic rings. The average Bonchev–Trinajstić information content (AvgIpc) is 2.90. The minimum absolute atomic E-state index is 0. The van der Waals surface area contributed by atoms with Crippen LogP contribution in [0.3, 0.4) is 0 Å². The van der Waals surface area contributed by atoms with E-state index in [0.717, 1.165) is 23.3 Å². The van der Waals surface area contributed by atoms with Gasteiger partial charge in [-0.05, 0) is 13.3 Å². The number of hydrogen-bond acceptors (Lipinski definition) is 1. The van der Waals surface area contributed by atoms with Crippen molar-refractivity contribution in [3.8, 4) is 0 Å². The normalized spacial score (nSPS) is 10.3. The molecule has 0 bridgehead atoms. The van der Waals surface area contributed by atoms with Gasteiger partial charge in [-0.25, -0.2) is 0 Å². The maximum Gasteiger partial charge on any atom is 0.0141 e. The zero-order valence-corrected chi connectivity index (χ0v) is 19.6. The molecule has 1 unspecified atom stereocenters. The molecule has 1 aromatic heterocycles. The summed E-state index contributed by atoms with van der Waals surface area (Å²) < 4.78 is 0. The van der Waals surface area contributed by atoms with Crippen molar-refractivity contribution in [2.24, 2.45) is 0 Å². The summed E-state index contributed by atoms with van der Waals surface area (Å²) in [5, 5.41) is 3.60. The van der Waals surface area contributed by atoms with E-state index in [-0.39, 0.29) is 32.7 Å². The van der Waals surface area contributed by atoms with Crippen LogP contribution < -0.4 is 5.32 Å². The van der Waals surface area contributed by atoms with Crippen LogP contribution in [-0.2, 0) is 32.7 Å². The number of rotatable bonds is 8. The maximum absolute atomic E-state index is 4.14. The van der Waals surface area contributed by atoms with Crippen LogP contribution in [0.2, 0.25) is 0 Å². The summed E-state index contributed by atoms with van der Waals surface area (Å²) in [6.07, 6.45) is 9.96. The van der Waals surface area contributed by atoms with Gasteiger partial charge in [0.05, 0.1) is 0 Å². The molecule has 1 radical (unpaired) electrons. The Balaban J connectivity index is -0.000000739. The molecule has 23 heavy (non-hydrogen) atoms. The second-order valence-electron chi connectivity index (χ2n) is 5.03. The van der Waals surface area contributed by atoms with Crippen molar-refractivity contribution in [1.82, 2.24) is 4.98 Å². The SMILES string of the molecule is C=C(C[CH-]C)c1[c-][nH]c(C)c1NC(C)CCCC.CC.CC.[Y]. The summed E-state index contributed by atoms with van der Waals surface area (Å²) in [4.78, 5) is 3.18. The number of nitrogens with one attached hydrogen (secondary N) is 2. The van der Waals surface area contributed by atoms with E-state index in [0.29, 0.717) is 6.04 Å². The van der Waals surface area contributed by atoms with E-state index in [9.17, 15) is 0 Å². The summed E-state index contributed by atoms with van der Waals surface area (Å²) in [5.74, 6) is 0. The third-order valence-corrected chi connectivity index (χ3v) is 3.19. The molecule has 0 aliphatic carbocycles. The van der Waals surface area contributed by atoms with E-state index in [2.05, 4.69) is 57.2 Å². The Morgan fingerprint density at radius 3 is 2.35 bits per heavy atom. The molecule has 0 saturated heterocycles. The molecule has 0 amide bonds. The molecule has 2 nitrogen and oxygen atoms in total. The van der Waals surface area contributed by atoms with Crippen LogP contribution in [0.4, 0.5) is 5.69 Å². The Labute approximate surface area is 171 Å². The van der Waals surface area contributed by atoms with Crippen molar-refractivity contribution in [3.63, 3.8) is 0 Å². The first-order chi connectivity index (χ1) is 10.6. The fourth-order valence-electron chi connectivity index (χ4n) is 2.09. The van der Waals surface area contributed by atoms with E-state index in [1.54, 1.807) is 0 Å². The van der Waals surface area contributed by atoms with Crippen LogP contribution in [0.15, 0.2) is 6.58 Å². The van der Waals surface area contributed by atoms with E-state index in [1.165, 1.54) is 24.9 Å². The molecule has 1 heterocycles. The Hall–Kier alpha value is -0.0761. The summed E-state index contributed by atoms with van der Waals surface area (Å²) >= 11 is 0. The van der Waals surface area contributed by atoms with Crippen LogP contribution >= 0.6 is 0 Å². The summed E-state index contributed by atoms with van der Waals surface area (Å²) in [5.41, 5.74) is 4.54. The van der Waals surface area contributed by atoms with Gasteiger partial charge in [-0.2, -0.15) is 18.9 Å². The second-order valence-corrected chi connectivity index (χ2v) is 5.03. The Morgan fingerprint density at radius 2 is 1.87 bits per heavy atom. The fraction of sp³-hybridized carbons (Fsp3) is 0.650. The molecular formula is C20H38N2Y-2. The number of H-pyrrole nitrogens is 1. The minimum atomic E-state index is 0. The van der Waals surface area contributed by atoms with Gasteiger partial charge >= 0.3 is 0 Å². The third kappa shape index (κ3) is 11.2. The van der Waals surface area contributed by atoms with Crippen molar-refractivity contribution >= 4 is 11.3 Å². The first-order valence-corrected chi connectivity index (χ1v) is 8.92. The van der Waals surface area contributed by atoms with Crippen molar-refractivity contribution in [1.29, 1.82) is 0 Å². The van der Waals surface area contributed by atoms with Crippen LogP contribution in [0.5, 0.6) is 0 Å². The van der Waals surface area contributed by atoms with Crippen molar-refractivity contribution in [3.05, 3.63) is 30.5 Å². The molecule has 0 aliphatic heterocycles. The van der Waals surface area contributed by atoms with Gasteiger partial charge in [-0.15, -0.1) is 12.1 Å². The number of anilines is 1.